The van der Waals surface area contributed by atoms with Crippen LogP contribution in [0.25, 0.3) is 5.76 Å². The Balaban J connectivity index is 2.15. The molecular weight excluding hydrogens is 374 g/mol. The molecule has 1 amide bonds. The largest absolute Gasteiger partial charge is 0.506 e. The van der Waals surface area contributed by atoms with Crippen LogP contribution in [-0.4, -0.2) is 46.6 Å². The molecule has 1 aliphatic carbocycles. The van der Waals surface area contributed by atoms with Crippen molar-refractivity contribution < 1.29 is 29.3 Å². The first-order valence-corrected chi connectivity index (χ1v) is 8.90. The van der Waals surface area contributed by atoms with Gasteiger partial charge in [-0.15, -0.1) is 0 Å². The highest BCUT2D eigenvalue weighted by molar-refractivity contribution is 6.32. The number of carbonyl (C=O) groups excluding carboxylic acids is 2. The molecule has 1 heterocycles. The van der Waals surface area contributed by atoms with Crippen molar-refractivity contribution in [2.45, 2.75) is 37.6 Å². The van der Waals surface area contributed by atoms with Crippen LogP contribution in [0, 0.1) is 0 Å². The van der Waals surface area contributed by atoms with E-state index in [2.05, 4.69) is 5.32 Å². The van der Waals surface area contributed by atoms with E-state index in [0.717, 1.165) is 0 Å². The van der Waals surface area contributed by atoms with Gasteiger partial charge in [-0.1, -0.05) is 17.7 Å². The number of carboxylic acids is 1. The average molecular weight is 394 g/mol. The minimum Gasteiger partial charge on any atom is -0.506 e. The molecule has 1 aromatic rings. The van der Waals surface area contributed by atoms with Crippen molar-refractivity contribution >= 4 is 35.0 Å². The molecule has 1 spiro atoms. The fraction of sp³-hybridized carbons (Fsp3) is 0.421. The van der Waals surface area contributed by atoms with Crippen molar-refractivity contribution in [1.82, 2.24) is 5.32 Å². The van der Waals surface area contributed by atoms with Crippen molar-refractivity contribution in [1.29, 1.82) is 0 Å². The minimum atomic E-state index is -1.61. The van der Waals surface area contributed by atoms with Crippen LogP contribution >= 0.6 is 11.6 Å². The number of aliphatic hydroxyl groups excluding tert-OH is 1. The van der Waals surface area contributed by atoms with Gasteiger partial charge in [-0.05, 0) is 44.4 Å². The number of ether oxygens (including phenoxy) is 1. The molecule has 0 unspecified atom stereocenters. The Labute approximate surface area is 161 Å². The zero-order valence-electron chi connectivity index (χ0n) is 15.0. The summed E-state index contributed by atoms with van der Waals surface area (Å²) in [6, 6.07) is 4.83. The van der Waals surface area contributed by atoms with Gasteiger partial charge >= 0.3 is 5.97 Å². The highest BCUT2D eigenvalue weighted by Crippen LogP contribution is 2.46. The van der Waals surface area contributed by atoms with Gasteiger partial charge in [0.25, 0.3) is 5.91 Å². The van der Waals surface area contributed by atoms with E-state index in [4.69, 9.17) is 16.3 Å². The molecular formula is C19H20ClNO6. The maximum absolute atomic E-state index is 13.3. The summed E-state index contributed by atoms with van der Waals surface area (Å²) in [7, 11) is 0. The number of halogens is 1. The standard InChI is InChI=1S/C19H20ClNO6/c1-18(2,17(25)26)21-16(24)13-14(22)11-9-10(20)3-4-12(11)19(15(13)23)5-7-27-8-6-19/h3-4,9,22H,5-8H2,1-2H3,(H,21,24)(H,25,26). The Hall–Kier alpha value is -2.38. The van der Waals surface area contributed by atoms with Crippen LogP contribution in [-0.2, 0) is 24.5 Å². The molecule has 0 bridgehead atoms. The normalized spacial score (nSPS) is 19.0. The van der Waals surface area contributed by atoms with Crippen LogP contribution in [0.4, 0.5) is 0 Å². The summed E-state index contributed by atoms with van der Waals surface area (Å²) in [6.07, 6.45) is 0.708. The van der Waals surface area contributed by atoms with Crippen LogP contribution < -0.4 is 5.32 Å². The van der Waals surface area contributed by atoms with Crippen LogP contribution in [0.1, 0.15) is 37.8 Å². The number of amides is 1. The van der Waals surface area contributed by atoms with Crippen LogP contribution in [0.2, 0.25) is 5.02 Å². The van der Waals surface area contributed by atoms with Gasteiger partial charge in [-0.3, -0.25) is 9.59 Å². The number of hydrogen-bond donors (Lipinski definition) is 3. The summed E-state index contributed by atoms with van der Waals surface area (Å²) in [5, 5.41) is 22.6. The van der Waals surface area contributed by atoms with E-state index in [1.165, 1.54) is 19.9 Å². The van der Waals surface area contributed by atoms with Crippen LogP contribution in [0.3, 0.4) is 0 Å². The summed E-state index contributed by atoms with van der Waals surface area (Å²) in [5.41, 5.74) is -2.15. The van der Waals surface area contributed by atoms with Gasteiger partial charge in [0.05, 0.1) is 5.41 Å². The van der Waals surface area contributed by atoms with E-state index >= 15 is 0 Å². The number of carbonyl (C=O) groups is 3. The number of Topliss-reactive ketones (excluding diaryl/α,β-unsaturated/α-hetero) is 1. The molecule has 0 aromatic heterocycles. The molecule has 1 fully saturated rings. The minimum absolute atomic E-state index is 0.308. The predicted octanol–water partition coefficient (Wildman–Crippen LogP) is 2.22. The molecule has 1 saturated heterocycles. The second kappa shape index (κ2) is 6.65. The molecule has 1 aromatic carbocycles. The molecule has 2 aliphatic rings. The quantitative estimate of drug-likeness (QED) is 0.679. The Morgan fingerprint density at radius 3 is 2.48 bits per heavy atom. The number of carboxylic acid groups (broad SMARTS) is 1. The third-order valence-electron chi connectivity index (χ3n) is 5.18. The lowest BCUT2D eigenvalue weighted by Gasteiger charge is -2.40. The SMILES string of the molecule is CC(C)(NC(=O)C1=C(O)c2cc(Cl)ccc2C2(CCOCC2)C1=O)C(=O)O. The topological polar surface area (TPSA) is 113 Å². The van der Waals surface area contributed by atoms with E-state index in [0.29, 0.717) is 42.2 Å². The van der Waals surface area contributed by atoms with Crippen LogP contribution in [0.5, 0.6) is 0 Å². The average Bonchev–Trinajstić information content (AvgIpc) is 2.60. The fourth-order valence-electron chi connectivity index (χ4n) is 3.56. The highest BCUT2D eigenvalue weighted by Gasteiger charge is 2.50. The second-order valence-electron chi connectivity index (χ2n) is 7.32. The molecule has 27 heavy (non-hydrogen) atoms. The molecule has 0 radical (unpaired) electrons. The third-order valence-corrected chi connectivity index (χ3v) is 5.42. The van der Waals surface area contributed by atoms with E-state index in [1.807, 2.05) is 0 Å². The van der Waals surface area contributed by atoms with E-state index < -0.39 is 39.9 Å². The lowest BCUT2D eigenvalue weighted by molar-refractivity contribution is -0.145. The van der Waals surface area contributed by atoms with Gasteiger partial charge in [0.1, 0.15) is 16.9 Å². The van der Waals surface area contributed by atoms with Crippen molar-refractivity contribution in [3.63, 3.8) is 0 Å². The molecule has 1 aliphatic heterocycles. The molecule has 7 nitrogen and oxygen atoms in total. The lowest BCUT2D eigenvalue weighted by Crippen LogP contribution is -2.53. The maximum Gasteiger partial charge on any atom is 0.328 e. The molecule has 0 atom stereocenters. The van der Waals surface area contributed by atoms with E-state index in [-0.39, 0.29) is 0 Å². The second-order valence-corrected chi connectivity index (χ2v) is 7.76. The first-order valence-electron chi connectivity index (χ1n) is 8.52. The Morgan fingerprint density at radius 2 is 1.89 bits per heavy atom. The summed E-state index contributed by atoms with van der Waals surface area (Å²) in [5.74, 6) is -3.21. The number of benzene rings is 1. The van der Waals surface area contributed by atoms with Gasteiger partial charge < -0.3 is 20.3 Å². The summed E-state index contributed by atoms with van der Waals surface area (Å²) in [6.45, 7) is 3.27. The Morgan fingerprint density at radius 1 is 1.26 bits per heavy atom. The van der Waals surface area contributed by atoms with Gasteiger partial charge in [0.15, 0.2) is 5.78 Å². The molecule has 144 valence electrons. The number of ketones is 1. The maximum atomic E-state index is 13.3. The predicted molar refractivity (Wildman–Crippen MR) is 97.6 cm³/mol. The van der Waals surface area contributed by atoms with Crippen molar-refractivity contribution in [3.05, 3.63) is 39.9 Å². The molecule has 8 heteroatoms. The number of nitrogens with one attached hydrogen (secondary N) is 1. The fourth-order valence-corrected chi connectivity index (χ4v) is 3.73. The van der Waals surface area contributed by atoms with Gasteiger partial charge in [0, 0.05) is 23.8 Å². The third kappa shape index (κ3) is 3.11. The molecule has 0 saturated carbocycles. The van der Waals surface area contributed by atoms with Gasteiger partial charge in [-0.25, -0.2) is 4.79 Å². The zero-order chi connectivity index (χ0) is 20.0. The van der Waals surface area contributed by atoms with Gasteiger partial charge in [0.2, 0.25) is 0 Å². The molecule has 3 rings (SSSR count). The Kier molecular flexibility index (Phi) is 4.78. The van der Waals surface area contributed by atoms with Crippen molar-refractivity contribution in [3.8, 4) is 0 Å². The molecule has 3 N–H and O–H groups in total. The monoisotopic (exact) mass is 393 g/mol. The first-order chi connectivity index (χ1) is 12.6. The summed E-state index contributed by atoms with van der Waals surface area (Å²) < 4.78 is 5.38. The highest BCUT2D eigenvalue weighted by atomic mass is 35.5. The lowest BCUT2D eigenvalue weighted by atomic mass is 9.64. The van der Waals surface area contributed by atoms with Crippen LogP contribution in [0.15, 0.2) is 23.8 Å². The Bertz CT molecular complexity index is 867. The van der Waals surface area contributed by atoms with E-state index in [9.17, 15) is 24.6 Å². The number of aliphatic carboxylic acids is 1. The number of rotatable bonds is 3. The summed E-state index contributed by atoms with van der Waals surface area (Å²) in [4.78, 5) is 37.5. The smallest absolute Gasteiger partial charge is 0.328 e. The number of fused-ring (bicyclic) bond motifs is 2. The van der Waals surface area contributed by atoms with Crippen molar-refractivity contribution in [2.75, 3.05) is 13.2 Å². The number of hydrogen-bond acceptors (Lipinski definition) is 5. The van der Waals surface area contributed by atoms with E-state index in [1.54, 1.807) is 12.1 Å². The van der Waals surface area contributed by atoms with Crippen molar-refractivity contribution in [2.24, 2.45) is 0 Å². The van der Waals surface area contributed by atoms with Gasteiger partial charge in [-0.2, -0.15) is 0 Å². The zero-order valence-corrected chi connectivity index (χ0v) is 15.7. The number of aliphatic hydroxyl groups is 1. The first kappa shape index (κ1) is 19.4. The summed E-state index contributed by atoms with van der Waals surface area (Å²) >= 11 is 6.06.